The van der Waals surface area contributed by atoms with Crippen LogP contribution in [-0.2, 0) is 19.5 Å². The van der Waals surface area contributed by atoms with Crippen LogP contribution >= 0.6 is 0 Å². The molecule has 14 nitrogen and oxygen atoms in total. The van der Waals surface area contributed by atoms with Crippen LogP contribution in [0, 0.1) is 0 Å². The van der Waals surface area contributed by atoms with Gasteiger partial charge in [0.2, 0.25) is 0 Å². The smallest absolute Gasteiger partial charge is 0.412 e. The van der Waals surface area contributed by atoms with E-state index in [2.05, 4.69) is 20.0 Å². The normalized spacial score (nSPS) is 15.9. The van der Waals surface area contributed by atoms with Gasteiger partial charge in [-0.3, -0.25) is 14.8 Å². The number of methoxy groups -OCH3 is 1. The first-order chi connectivity index (χ1) is 24.4. The molecule has 1 saturated heterocycles. The van der Waals surface area contributed by atoms with Crippen LogP contribution in [0.25, 0.3) is 0 Å². The van der Waals surface area contributed by atoms with Crippen molar-refractivity contribution < 1.29 is 41.7 Å². The van der Waals surface area contributed by atoms with Crippen LogP contribution in [0.3, 0.4) is 0 Å². The molecule has 1 aliphatic heterocycles. The summed E-state index contributed by atoms with van der Waals surface area (Å²) in [6.45, 7) is 7.94. The molecule has 0 spiro atoms. The Labute approximate surface area is 297 Å². The van der Waals surface area contributed by atoms with E-state index in [1.54, 1.807) is 53.4 Å². The molecule has 1 aliphatic rings. The fourth-order valence-electron chi connectivity index (χ4n) is 5.31. The molecule has 3 heterocycles. The number of pyridine rings is 2. The lowest BCUT2D eigenvalue weighted by Crippen LogP contribution is -2.48. The summed E-state index contributed by atoms with van der Waals surface area (Å²) in [5, 5.41) is 2.28. The third kappa shape index (κ3) is 9.64. The molecule has 51 heavy (non-hydrogen) atoms. The van der Waals surface area contributed by atoms with E-state index < -0.39 is 16.1 Å². The number of ether oxygens (including phenoxy) is 5. The average molecular weight is 720 g/mol. The second-order valence-corrected chi connectivity index (χ2v) is 13.7. The summed E-state index contributed by atoms with van der Waals surface area (Å²) in [5.41, 5.74) is 0.885. The van der Waals surface area contributed by atoms with Crippen molar-refractivity contribution in [3.63, 3.8) is 0 Å². The number of hydrogen-bond acceptors (Lipinski definition) is 11. The van der Waals surface area contributed by atoms with Gasteiger partial charge in [-0.1, -0.05) is 38.1 Å². The molecule has 2 aromatic heterocycles. The zero-order valence-corrected chi connectivity index (χ0v) is 29.8. The summed E-state index contributed by atoms with van der Waals surface area (Å²) >= 11 is 0. The van der Waals surface area contributed by atoms with Gasteiger partial charge in [-0.25, -0.2) is 14.8 Å². The number of nitrogens with one attached hydrogen (secondary N) is 2. The Balaban J connectivity index is 1.52. The molecule has 270 valence electrons. The molecule has 2 atom stereocenters. The Morgan fingerprint density at radius 2 is 1.67 bits per heavy atom. The molecule has 5 rings (SSSR count). The number of benzene rings is 2. The van der Waals surface area contributed by atoms with Crippen molar-refractivity contribution in [3.8, 4) is 23.0 Å². The van der Waals surface area contributed by atoms with E-state index >= 15 is 0 Å². The predicted octanol–water partition coefficient (Wildman–Crippen LogP) is 6.08. The lowest BCUT2D eigenvalue weighted by molar-refractivity contribution is -0.0586. The van der Waals surface area contributed by atoms with Gasteiger partial charge in [-0.2, -0.15) is 8.42 Å². The first-order valence-corrected chi connectivity index (χ1v) is 17.8. The summed E-state index contributed by atoms with van der Waals surface area (Å²) in [7, 11) is -2.84. The minimum absolute atomic E-state index is 0.00402. The summed E-state index contributed by atoms with van der Waals surface area (Å²) in [4.78, 5) is 36.2. The van der Waals surface area contributed by atoms with E-state index in [1.807, 2.05) is 27.7 Å². The van der Waals surface area contributed by atoms with E-state index in [9.17, 15) is 18.0 Å². The van der Waals surface area contributed by atoms with Crippen LogP contribution in [0.1, 0.15) is 49.5 Å². The van der Waals surface area contributed by atoms with Crippen molar-refractivity contribution in [1.29, 1.82) is 0 Å². The maximum atomic E-state index is 14.0. The summed E-state index contributed by atoms with van der Waals surface area (Å²) in [6, 6.07) is 17.8. The summed E-state index contributed by atoms with van der Waals surface area (Å²) in [6.07, 6.45) is 1.84. The van der Waals surface area contributed by atoms with Crippen LogP contribution in [0.4, 0.5) is 16.3 Å². The van der Waals surface area contributed by atoms with Gasteiger partial charge in [-0.05, 0) is 67.8 Å². The van der Waals surface area contributed by atoms with Crippen LogP contribution in [0.2, 0.25) is 0 Å². The molecule has 0 radical (unpaired) electrons. The van der Waals surface area contributed by atoms with E-state index in [-0.39, 0.29) is 70.8 Å². The molecule has 2 amide bonds. The zero-order valence-electron chi connectivity index (χ0n) is 29.0. The number of hydrogen-bond donors (Lipinski definition) is 2. The van der Waals surface area contributed by atoms with E-state index in [1.165, 1.54) is 37.7 Å². The molecule has 0 bridgehead atoms. The molecular formula is C36H41N5O9S. The third-order valence-electron chi connectivity index (χ3n) is 7.70. The second-order valence-electron chi connectivity index (χ2n) is 12.1. The van der Waals surface area contributed by atoms with E-state index in [0.717, 1.165) is 5.56 Å². The Hall–Kier alpha value is -5.41. The molecule has 2 aromatic carbocycles. The van der Waals surface area contributed by atoms with Gasteiger partial charge in [0.1, 0.15) is 19.0 Å². The number of morpholine rings is 1. The quantitative estimate of drug-likeness (QED) is 0.154. The number of rotatable bonds is 13. The van der Waals surface area contributed by atoms with Gasteiger partial charge in [-0.15, -0.1) is 0 Å². The van der Waals surface area contributed by atoms with Crippen LogP contribution in [0.5, 0.6) is 23.0 Å². The minimum Gasteiger partial charge on any atom is -0.493 e. The number of para-hydroxylation sites is 2. The van der Waals surface area contributed by atoms with E-state index in [4.69, 9.17) is 23.7 Å². The molecule has 2 unspecified atom stereocenters. The van der Waals surface area contributed by atoms with Crippen molar-refractivity contribution in [2.45, 2.75) is 50.8 Å². The lowest BCUT2D eigenvalue weighted by atomic mass is 10.1. The van der Waals surface area contributed by atoms with Crippen molar-refractivity contribution in [2.24, 2.45) is 0 Å². The van der Waals surface area contributed by atoms with Crippen LogP contribution < -0.4 is 24.2 Å². The minimum atomic E-state index is -4.31. The maximum absolute atomic E-state index is 14.0. The number of carbonyl (C=O) groups is 2. The van der Waals surface area contributed by atoms with Crippen molar-refractivity contribution in [1.82, 2.24) is 14.9 Å². The largest absolute Gasteiger partial charge is 0.493 e. The van der Waals surface area contributed by atoms with Gasteiger partial charge >= 0.3 is 6.09 Å². The highest BCUT2D eigenvalue weighted by atomic mass is 32.2. The van der Waals surface area contributed by atoms with E-state index in [0.29, 0.717) is 24.7 Å². The zero-order chi connectivity index (χ0) is 36.5. The lowest BCUT2D eigenvalue weighted by Gasteiger charge is -2.35. The predicted molar refractivity (Wildman–Crippen MR) is 189 cm³/mol. The standard InChI is InChI=1S/C36H41N5O9S/c1-23(2)26-13-14-33(38-20-26)51(44,45)40-28-18-27(35(42)41-21-24(3)49-25(4)22-41)19-31(34(28)50-30-11-7-6-10-29(30)46-5)47-16-17-48-36(43)39-32-12-8-9-15-37-32/h6-15,18-20,23-25,40H,16-17,21-22H2,1-5H3,(H,37,39,43). The number of carbonyl (C=O) groups excluding carboxylic acids is 2. The maximum Gasteiger partial charge on any atom is 0.412 e. The Morgan fingerprint density at radius 1 is 0.941 bits per heavy atom. The van der Waals surface area contributed by atoms with Crippen molar-refractivity contribution in [2.75, 3.05) is 43.5 Å². The monoisotopic (exact) mass is 719 g/mol. The first kappa shape index (κ1) is 36.9. The number of aromatic nitrogens is 2. The Kier molecular flexibility index (Phi) is 11.9. The topological polar surface area (TPSA) is 168 Å². The third-order valence-corrected chi connectivity index (χ3v) is 8.99. The van der Waals surface area contributed by atoms with Gasteiger partial charge in [0, 0.05) is 31.0 Å². The fraction of sp³-hybridized carbons (Fsp3) is 0.333. The van der Waals surface area contributed by atoms with Gasteiger partial charge < -0.3 is 28.6 Å². The average Bonchev–Trinajstić information content (AvgIpc) is 3.11. The SMILES string of the molecule is COc1ccccc1Oc1c(NS(=O)(=O)c2ccc(C(C)C)cn2)cc(C(=O)N2CC(C)OC(C)C2)cc1OCCOC(=O)Nc1ccccn1. The van der Waals surface area contributed by atoms with Gasteiger partial charge in [0.15, 0.2) is 28.0 Å². The molecule has 4 aromatic rings. The Bertz CT molecular complexity index is 1920. The molecule has 0 saturated carbocycles. The van der Waals surface area contributed by atoms with Crippen LogP contribution in [0.15, 0.2) is 84.1 Å². The number of nitrogens with zero attached hydrogens (tertiary/aromatic N) is 3. The highest BCUT2D eigenvalue weighted by molar-refractivity contribution is 7.92. The summed E-state index contributed by atoms with van der Waals surface area (Å²) < 4.78 is 59.1. The van der Waals surface area contributed by atoms with Gasteiger partial charge in [0.25, 0.3) is 15.9 Å². The van der Waals surface area contributed by atoms with Gasteiger partial charge in [0.05, 0.1) is 25.0 Å². The highest BCUT2D eigenvalue weighted by Crippen LogP contribution is 2.43. The molecule has 2 N–H and O–H groups in total. The van der Waals surface area contributed by atoms with Crippen molar-refractivity contribution in [3.05, 3.63) is 90.3 Å². The Morgan fingerprint density at radius 3 is 2.31 bits per heavy atom. The van der Waals surface area contributed by atoms with Crippen molar-refractivity contribution >= 4 is 33.5 Å². The first-order valence-electron chi connectivity index (χ1n) is 16.3. The van der Waals surface area contributed by atoms with Crippen LogP contribution in [-0.4, -0.2) is 80.9 Å². The molecule has 1 fully saturated rings. The summed E-state index contributed by atoms with van der Waals surface area (Å²) in [5.74, 6) is 0.590. The molecule has 15 heteroatoms. The molecular weight excluding hydrogens is 678 g/mol. The highest BCUT2D eigenvalue weighted by Gasteiger charge is 2.30. The number of sulfonamides is 1. The number of anilines is 2. The fourth-order valence-corrected chi connectivity index (χ4v) is 6.29. The number of amides is 2. The second kappa shape index (κ2) is 16.5. The molecule has 0 aliphatic carbocycles.